The maximum absolute atomic E-state index is 12.2. The highest BCUT2D eigenvalue weighted by Gasteiger charge is 2.12. The highest BCUT2D eigenvalue weighted by molar-refractivity contribution is 5.69. The van der Waals surface area contributed by atoms with E-state index in [1.807, 2.05) is 0 Å². The van der Waals surface area contributed by atoms with Crippen LogP contribution >= 0.6 is 0 Å². The van der Waals surface area contributed by atoms with Crippen LogP contribution in [0, 0.1) is 19.8 Å². The van der Waals surface area contributed by atoms with E-state index >= 15 is 0 Å². The second kappa shape index (κ2) is 25.5. The van der Waals surface area contributed by atoms with Crippen LogP contribution in [0.3, 0.4) is 0 Å². The molecular weight excluding hydrogens is 482 g/mol. The van der Waals surface area contributed by atoms with Gasteiger partial charge in [-0.3, -0.25) is 4.79 Å². The fraction of sp³-hybridized carbons (Fsp3) is 0.829. The van der Waals surface area contributed by atoms with Crippen LogP contribution in [-0.4, -0.2) is 25.8 Å². The molecular formula is C35H64NO3+. The number of rotatable bonds is 27. The molecule has 1 aromatic heterocycles. The molecule has 0 saturated heterocycles. The monoisotopic (exact) mass is 546 g/mol. The highest BCUT2D eigenvalue weighted by atomic mass is 16.5. The summed E-state index contributed by atoms with van der Waals surface area (Å²) >= 11 is 0. The third kappa shape index (κ3) is 22.0. The topological polar surface area (TPSA) is 39.4 Å². The number of pyridine rings is 1. The number of hydrogen-bond donors (Lipinski definition) is 0. The quantitative estimate of drug-likeness (QED) is 0.0626. The van der Waals surface area contributed by atoms with E-state index in [0.717, 1.165) is 51.7 Å². The van der Waals surface area contributed by atoms with Crippen molar-refractivity contribution in [1.29, 1.82) is 0 Å². The van der Waals surface area contributed by atoms with E-state index in [9.17, 15) is 4.79 Å². The number of aryl methyl sites for hydroxylation is 3. The molecule has 4 heteroatoms. The van der Waals surface area contributed by atoms with E-state index in [1.165, 1.54) is 94.6 Å². The molecule has 1 atom stereocenters. The summed E-state index contributed by atoms with van der Waals surface area (Å²) in [6.45, 7) is 11.8. The maximum Gasteiger partial charge on any atom is 0.305 e. The average Bonchev–Trinajstić information content (AvgIpc) is 2.90. The van der Waals surface area contributed by atoms with Gasteiger partial charge < -0.3 is 9.47 Å². The molecule has 0 radical (unpaired) electrons. The van der Waals surface area contributed by atoms with Crippen LogP contribution in [-0.2, 0) is 20.8 Å². The van der Waals surface area contributed by atoms with Crippen LogP contribution in [0.2, 0.25) is 0 Å². The zero-order chi connectivity index (χ0) is 28.4. The van der Waals surface area contributed by atoms with Crippen molar-refractivity contribution in [3.63, 3.8) is 0 Å². The largest absolute Gasteiger partial charge is 0.465 e. The van der Waals surface area contributed by atoms with Crippen LogP contribution in [0.5, 0.6) is 0 Å². The normalized spacial score (nSPS) is 12.1. The molecule has 1 rings (SSSR count). The van der Waals surface area contributed by atoms with Crippen LogP contribution in [0.1, 0.15) is 153 Å². The van der Waals surface area contributed by atoms with Crippen molar-refractivity contribution in [2.75, 3.05) is 19.8 Å². The van der Waals surface area contributed by atoms with Gasteiger partial charge in [0.2, 0.25) is 0 Å². The molecule has 0 amide bonds. The van der Waals surface area contributed by atoms with Gasteiger partial charge in [0.1, 0.15) is 6.54 Å². The predicted octanol–water partition coefficient (Wildman–Crippen LogP) is 9.61. The Bertz CT molecular complexity index is 685. The van der Waals surface area contributed by atoms with Crippen LogP contribution in [0.4, 0.5) is 0 Å². The number of carbonyl (C=O) groups is 1. The minimum absolute atomic E-state index is 0.0536. The van der Waals surface area contributed by atoms with Crippen LogP contribution in [0.15, 0.2) is 18.5 Å². The molecule has 0 spiro atoms. The Kier molecular flexibility index (Phi) is 23.3. The van der Waals surface area contributed by atoms with Crippen LogP contribution < -0.4 is 4.57 Å². The molecule has 0 saturated carbocycles. The second-order valence-corrected chi connectivity index (χ2v) is 11.9. The van der Waals surface area contributed by atoms with Gasteiger partial charge in [-0.1, -0.05) is 104 Å². The molecule has 4 nitrogen and oxygen atoms in total. The van der Waals surface area contributed by atoms with Gasteiger partial charge in [-0.15, -0.1) is 0 Å². The predicted molar refractivity (Wildman–Crippen MR) is 165 cm³/mol. The molecule has 39 heavy (non-hydrogen) atoms. The van der Waals surface area contributed by atoms with E-state index in [4.69, 9.17) is 9.47 Å². The summed E-state index contributed by atoms with van der Waals surface area (Å²) in [5.74, 6) is 0.272. The standard InChI is InChI=1S/C35H64NO3/c1-5-7-8-9-10-11-12-13-14-15-16-17-18-22-26-38-30-34(23-6-2)31-39-35(37)24-20-19-21-25-36-28-32(3)27-33(4)29-36/h27-29,34H,5-26,30-31H2,1-4H3/q+1. The maximum atomic E-state index is 12.2. The van der Waals surface area contributed by atoms with Gasteiger partial charge in [-0.05, 0) is 45.6 Å². The van der Waals surface area contributed by atoms with Crippen molar-refractivity contribution >= 4 is 5.97 Å². The Morgan fingerprint density at radius 2 is 1.23 bits per heavy atom. The second-order valence-electron chi connectivity index (χ2n) is 11.9. The highest BCUT2D eigenvalue weighted by Crippen LogP contribution is 2.14. The number of aromatic nitrogens is 1. The number of unbranched alkanes of at least 4 members (excludes halogenated alkanes) is 15. The zero-order valence-electron chi connectivity index (χ0n) is 26.5. The van der Waals surface area contributed by atoms with E-state index in [-0.39, 0.29) is 5.97 Å². The lowest BCUT2D eigenvalue weighted by molar-refractivity contribution is -0.698. The molecule has 0 N–H and O–H groups in total. The van der Waals surface area contributed by atoms with E-state index in [1.54, 1.807) is 0 Å². The molecule has 0 bridgehead atoms. The lowest BCUT2D eigenvalue weighted by Crippen LogP contribution is -2.33. The zero-order valence-corrected chi connectivity index (χ0v) is 26.5. The Morgan fingerprint density at radius 1 is 0.692 bits per heavy atom. The first-order chi connectivity index (χ1) is 19.0. The van der Waals surface area contributed by atoms with Crippen molar-refractivity contribution in [2.45, 2.75) is 163 Å². The van der Waals surface area contributed by atoms with E-state index in [2.05, 4.69) is 50.7 Å². The van der Waals surface area contributed by atoms with Crippen molar-refractivity contribution in [2.24, 2.45) is 5.92 Å². The number of nitrogens with zero attached hydrogens (tertiary/aromatic N) is 1. The summed E-state index contributed by atoms with van der Waals surface area (Å²) in [6.07, 6.45) is 29.4. The Hall–Kier alpha value is -1.42. The Morgan fingerprint density at radius 3 is 1.79 bits per heavy atom. The van der Waals surface area contributed by atoms with Crippen LogP contribution in [0.25, 0.3) is 0 Å². The molecule has 1 unspecified atom stereocenters. The van der Waals surface area contributed by atoms with Gasteiger partial charge in [-0.25, -0.2) is 4.57 Å². The van der Waals surface area contributed by atoms with E-state index < -0.39 is 0 Å². The molecule has 0 aliphatic heterocycles. The Labute approximate surface area is 242 Å². The SMILES string of the molecule is CCCCCCCCCCCCCCCCOCC(CCC)COC(=O)CCCCC[n+]1cc(C)cc(C)c1. The molecule has 0 aliphatic rings. The Balaban J connectivity index is 1.95. The van der Waals surface area contributed by atoms with Crippen molar-refractivity contribution in [1.82, 2.24) is 0 Å². The average molecular weight is 547 g/mol. The smallest absolute Gasteiger partial charge is 0.305 e. The van der Waals surface area contributed by atoms with Gasteiger partial charge in [0.05, 0.1) is 13.2 Å². The number of esters is 1. The van der Waals surface area contributed by atoms with Gasteiger partial charge >= 0.3 is 5.97 Å². The summed E-state index contributed by atoms with van der Waals surface area (Å²) in [4.78, 5) is 12.2. The fourth-order valence-corrected chi connectivity index (χ4v) is 5.42. The van der Waals surface area contributed by atoms with Crippen molar-refractivity contribution < 1.29 is 18.8 Å². The lowest BCUT2D eigenvalue weighted by Gasteiger charge is -2.16. The third-order valence-corrected chi connectivity index (χ3v) is 7.66. The summed E-state index contributed by atoms with van der Waals surface area (Å²) in [7, 11) is 0. The minimum Gasteiger partial charge on any atom is -0.465 e. The first-order valence-corrected chi connectivity index (χ1v) is 16.8. The molecule has 0 fully saturated rings. The number of carbonyl (C=O) groups excluding carboxylic acids is 1. The van der Waals surface area contributed by atoms with Gasteiger partial charge in [0.15, 0.2) is 12.4 Å². The fourth-order valence-electron chi connectivity index (χ4n) is 5.42. The van der Waals surface area contributed by atoms with Gasteiger partial charge in [0.25, 0.3) is 0 Å². The van der Waals surface area contributed by atoms with Gasteiger partial charge in [0, 0.05) is 36.5 Å². The van der Waals surface area contributed by atoms with Gasteiger partial charge in [-0.2, -0.15) is 0 Å². The summed E-state index contributed by atoms with van der Waals surface area (Å²) in [5.41, 5.74) is 2.59. The molecule has 0 aliphatic carbocycles. The molecule has 1 heterocycles. The first kappa shape index (κ1) is 35.6. The number of ether oxygens (including phenoxy) is 2. The third-order valence-electron chi connectivity index (χ3n) is 7.66. The van der Waals surface area contributed by atoms with E-state index in [0.29, 0.717) is 25.6 Å². The first-order valence-electron chi connectivity index (χ1n) is 16.8. The number of hydrogen-bond acceptors (Lipinski definition) is 3. The van der Waals surface area contributed by atoms with Crippen molar-refractivity contribution in [3.8, 4) is 0 Å². The molecule has 1 aromatic rings. The minimum atomic E-state index is -0.0536. The summed E-state index contributed by atoms with van der Waals surface area (Å²) in [6, 6.07) is 2.20. The summed E-state index contributed by atoms with van der Waals surface area (Å²) < 4.78 is 13.8. The lowest BCUT2D eigenvalue weighted by atomic mass is 10.0. The summed E-state index contributed by atoms with van der Waals surface area (Å²) in [5, 5.41) is 0. The molecule has 0 aromatic carbocycles. The van der Waals surface area contributed by atoms with Crippen molar-refractivity contribution in [3.05, 3.63) is 29.6 Å². The molecule has 226 valence electrons.